The fraction of sp³-hybridized carbons (Fsp3) is 1.00. The van der Waals surface area contributed by atoms with Crippen LogP contribution in [0.3, 0.4) is 0 Å². The van der Waals surface area contributed by atoms with Gasteiger partial charge in [-0.2, -0.15) is 0 Å². The van der Waals surface area contributed by atoms with Crippen LogP contribution in [0.5, 0.6) is 0 Å². The van der Waals surface area contributed by atoms with E-state index in [1.165, 1.54) is 0 Å². The molecule has 0 amide bonds. The van der Waals surface area contributed by atoms with Crippen molar-refractivity contribution in [1.82, 2.24) is 0 Å². The molecule has 0 spiro atoms. The molecule has 0 aromatic heterocycles. The van der Waals surface area contributed by atoms with Crippen molar-refractivity contribution in [3.8, 4) is 0 Å². The molecule has 0 atom stereocenters. The van der Waals surface area contributed by atoms with Gasteiger partial charge in [0.1, 0.15) is 0 Å². The first-order valence-corrected chi connectivity index (χ1v) is 6.59. The maximum absolute atomic E-state index is 11.0. The van der Waals surface area contributed by atoms with Crippen molar-refractivity contribution in [3.63, 3.8) is 0 Å². The molecule has 0 aliphatic carbocycles. The Bertz CT molecular complexity index is 172. The highest BCUT2D eigenvalue weighted by molar-refractivity contribution is 14.1. The zero-order valence-corrected chi connectivity index (χ0v) is 9.28. The number of rotatable bonds is 4. The van der Waals surface area contributed by atoms with E-state index in [2.05, 4.69) is 22.6 Å². The Morgan fingerprint density at radius 3 is 2.20 bits per heavy atom. The second-order valence-corrected chi connectivity index (χ2v) is 6.00. The van der Waals surface area contributed by atoms with Crippen LogP contribution in [0.25, 0.3) is 0 Å². The highest BCUT2D eigenvalue weighted by atomic mass is 127. The van der Waals surface area contributed by atoms with Gasteiger partial charge in [-0.25, -0.2) is 8.42 Å². The van der Waals surface area contributed by atoms with Crippen LogP contribution in [0.15, 0.2) is 0 Å². The second-order valence-electron chi connectivity index (χ2n) is 2.70. The predicted molar refractivity (Wildman–Crippen MR) is 52.4 cm³/mol. The molecule has 10 heavy (non-hydrogen) atoms. The van der Waals surface area contributed by atoms with E-state index in [0.29, 0.717) is 15.9 Å². The highest BCUT2D eigenvalue weighted by Gasteiger charge is 2.11. The summed E-state index contributed by atoms with van der Waals surface area (Å²) in [5.74, 6) is 0.912. The minimum Gasteiger partial charge on any atom is -0.229 e. The second kappa shape index (κ2) is 4.54. The van der Waals surface area contributed by atoms with Crippen LogP contribution >= 0.6 is 22.6 Å². The van der Waals surface area contributed by atoms with E-state index in [1.807, 2.05) is 13.8 Å². The van der Waals surface area contributed by atoms with Crippen LogP contribution in [-0.2, 0) is 9.84 Å². The van der Waals surface area contributed by atoms with Crippen molar-refractivity contribution in [1.29, 1.82) is 0 Å². The van der Waals surface area contributed by atoms with Crippen LogP contribution in [0.2, 0.25) is 0 Å². The van der Waals surface area contributed by atoms with Crippen molar-refractivity contribution in [2.24, 2.45) is 5.92 Å². The standard InChI is InChI=1S/C6H13IO2S/c1-6(2)5-10(8,9)4-3-7/h6H,3-5H2,1-2H3. The SMILES string of the molecule is CC(C)CS(=O)(=O)CCI. The van der Waals surface area contributed by atoms with E-state index >= 15 is 0 Å². The number of hydrogen-bond acceptors (Lipinski definition) is 2. The molecule has 0 fully saturated rings. The summed E-state index contributed by atoms with van der Waals surface area (Å²) < 4.78 is 22.8. The smallest absolute Gasteiger partial charge is 0.151 e. The molecular formula is C6H13IO2S. The van der Waals surface area contributed by atoms with Gasteiger partial charge < -0.3 is 0 Å². The number of alkyl halides is 1. The van der Waals surface area contributed by atoms with Crippen molar-refractivity contribution in [2.45, 2.75) is 13.8 Å². The Morgan fingerprint density at radius 2 is 1.90 bits per heavy atom. The van der Waals surface area contributed by atoms with Gasteiger partial charge in [-0.3, -0.25) is 0 Å². The first kappa shape index (κ1) is 10.7. The third-order valence-corrected chi connectivity index (χ3v) is 4.25. The topological polar surface area (TPSA) is 34.1 Å². The van der Waals surface area contributed by atoms with Gasteiger partial charge in [-0.05, 0) is 5.92 Å². The molecule has 0 rings (SSSR count). The molecule has 0 aromatic rings. The van der Waals surface area contributed by atoms with E-state index in [4.69, 9.17) is 0 Å². The van der Waals surface area contributed by atoms with Crippen LogP contribution < -0.4 is 0 Å². The van der Waals surface area contributed by atoms with Crippen LogP contribution in [0, 0.1) is 5.92 Å². The van der Waals surface area contributed by atoms with E-state index < -0.39 is 9.84 Å². The van der Waals surface area contributed by atoms with Gasteiger partial charge in [0.2, 0.25) is 0 Å². The first-order valence-electron chi connectivity index (χ1n) is 3.24. The maximum atomic E-state index is 11.0. The summed E-state index contributed by atoms with van der Waals surface area (Å²) in [7, 11) is -2.74. The fourth-order valence-corrected chi connectivity index (χ4v) is 4.14. The minimum absolute atomic E-state index is 0.257. The molecule has 0 aliphatic heterocycles. The van der Waals surface area contributed by atoms with Gasteiger partial charge in [0.25, 0.3) is 0 Å². The lowest BCUT2D eigenvalue weighted by molar-refractivity contribution is 0.584. The number of sulfone groups is 1. The summed E-state index contributed by atoms with van der Waals surface area (Å²) in [6.07, 6.45) is 0. The normalized spacial score (nSPS) is 12.4. The Kier molecular flexibility index (Phi) is 4.84. The fourth-order valence-electron chi connectivity index (χ4n) is 0.709. The summed E-state index contributed by atoms with van der Waals surface area (Å²) in [5, 5.41) is 0. The summed E-state index contributed by atoms with van der Waals surface area (Å²) in [6, 6.07) is 0. The van der Waals surface area contributed by atoms with Gasteiger partial charge in [0, 0.05) is 4.43 Å². The molecule has 0 saturated carbocycles. The molecule has 0 saturated heterocycles. The molecular weight excluding hydrogens is 263 g/mol. The van der Waals surface area contributed by atoms with Crippen LogP contribution in [0.1, 0.15) is 13.8 Å². The molecule has 0 heterocycles. The van der Waals surface area contributed by atoms with Crippen LogP contribution in [-0.4, -0.2) is 24.4 Å². The number of hydrogen-bond donors (Lipinski definition) is 0. The largest absolute Gasteiger partial charge is 0.229 e. The molecule has 4 heteroatoms. The minimum atomic E-state index is -2.74. The summed E-state index contributed by atoms with van der Waals surface area (Å²) in [6.45, 7) is 3.84. The lowest BCUT2D eigenvalue weighted by atomic mass is 10.3. The molecule has 62 valence electrons. The zero-order chi connectivity index (χ0) is 8.20. The predicted octanol–water partition coefficient (Wildman–Crippen LogP) is 1.49. The average molecular weight is 276 g/mol. The Balaban J connectivity index is 3.89. The van der Waals surface area contributed by atoms with E-state index in [1.54, 1.807) is 0 Å². The molecule has 2 nitrogen and oxygen atoms in total. The van der Waals surface area contributed by atoms with Crippen molar-refractivity contribution >= 4 is 32.4 Å². The lowest BCUT2D eigenvalue weighted by Gasteiger charge is -2.03. The van der Waals surface area contributed by atoms with E-state index in [0.717, 1.165) is 0 Å². The van der Waals surface area contributed by atoms with E-state index in [9.17, 15) is 8.42 Å². The summed E-state index contributed by atoms with van der Waals surface area (Å²) >= 11 is 2.08. The zero-order valence-electron chi connectivity index (χ0n) is 6.30. The molecule has 0 aliphatic rings. The van der Waals surface area contributed by atoms with Crippen molar-refractivity contribution in [2.75, 3.05) is 15.9 Å². The number of halogens is 1. The van der Waals surface area contributed by atoms with Crippen LogP contribution in [0.4, 0.5) is 0 Å². The van der Waals surface area contributed by atoms with E-state index in [-0.39, 0.29) is 5.92 Å². The Morgan fingerprint density at radius 1 is 1.40 bits per heavy atom. The molecule has 0 radical (unpaired) electrons. The summed E-state index contributed by atoms with van der Waals surface area (Å²) in [4.78, 5) is 0. The first-order chi connectivity index (χ1) is 4.48. The Labute approximate surface area is 76.5 Å². The van der Waals surface area contributed by atoms with Crippen molar-refractivity contribution in [3.05, 3.63) is 0 Å². The average Bonchev–Trinajstić information content (AvgIpc) is 1.59. The summed E-state index contributed by atoms with van der Waals surface area (Å²) in [5.41, 5.74) is 0. The molecule has 0 N–H and O–H groups in total. The molecule has 0 aromatic carbocycles. The lowest BCUT2D eigenvalue weighted by Crippen LogP contribution is -2.15. The van der Waals surface area contributed by atoms with Gasteiger partial charge in [0.15, 0.2) is 9.84 Å². The monoisotopic (exact) mass is 276 g/mol. The highest BCUT2D eigenvalue weighted by Crippen LogP contribution is 2.01. The maximum Gasteiger partial charge on any atom is 0.151 e. The van der Waals surface area contributed by atoms with Gasteiger partial charge in [-0.15, -0.1) is 0 Å². The quantitative estimate of drug-likeness (QED) is 0.576. The third-order valence-electron chi connectivity index (χ3n) is 0.975. The molecule has 0 bridgehead atoms. The van der Waals surface area contributed by atoms with Gasteiger partial charge in [0.05, 0.1) is 11.5 Å². The third kappa shape index (κ3) is 5.46. The molecule has 0 unspecified atom stereocenters. The van der Waals surface area contributed by atoms with Gasteiger partial charge in [-0.1, -0.05) is 36.4 Å². The van der Waals surface area contributed by atoms with Gasteiger partial charge >= 0.3 is 0 Å². The van der Waals surface area contributed by atoms with Crippen molar-refractivity contribution < 1.29 is 8.42 Å². The Hall–Kier alpha value is 0.680.